The van der Waals surface area contributed by atoms with Crippen molar-refractivity contribution in [2.75, 3.05) is 11.8 Å². The van der Waals surface area contributed by atoms with Crippen LogP contribution in [0.2, 0.25) is 0 Å². The van der Waals surface area contributed by atoms with Crippen molar-refractivity contribution in [1.29, 1.82) is 0 Å². The molecule has 0 aliphatic rings. The summed E-state index contributed by atoms with van der Waals surface area (Å²) in [6, 6.07) is 6.95. The van der Waals surface area contributed by atoms with Crippen molar-refractivity contribution in [2.45, 2.75) is 11.4 Å². The molecule has 2 aromatic rings. The molecule has 4 nitrogen and oxygen atoms in total. The van der Waals surface area contributed by atoms with Crippen LogP contribution in [0.4, 0.5) is 5.69 Å². The summed E-state index contributed by atoms with van der Waals surface area (Å²) in [6.45, 7) is 0.655. The molecule has 20 heavy (non-hydrogen) atoms. The van der Waals surface area contributed by atoms with Gasteiger partial charge in [-0.15, -0.1) is 11.3 Å². The molecule has 0 saturated heterocycles. The van der Waals surface area contributed by atoms with E-state index in [0.717, 1.165) is 9.35 Å². The number of hydrogen-bond acceptors (Lipinski definition) is 4. The Bertz CT molecular complexity index is 714. The molecule has 0 aliphatic heterocycles. The van der Waals surface area contributed by atoms with Crippen molar-refractivity contribution < 1.29 is 8.42 Å². The first kappa shape index (κ1) is 16.0. The van der Waals surface area contributed by atoms with Crippen LogP contribution < -0.4 is 10.0 Å². The quantitative estimate of drug-likeness (QED) is 0.744. The predicted molar refractivity (Wildman–Crippen MR) is 89.7 cm³/mol. The first-order valence-electron chi connectivity index (χ1n) is 5.62. The van der Waals surface area contributed by atoms with Gasteiger partial charge in [0.1, 0.15) is 0 Å². The standard InChI is InChI=1S/C12H12Br2N2O2S2/c1-15-6-9-5-10(7-19-9)20(17,18)16-12-3-2-8(13)4-11(12)14/h2-5,7,15-16H,6H2,1H3. The lowest BCUT2D eigenvalue weighted by molar-refractivity contribution is 0.601. The fourth-order valence-corrected chi connectivity index (χ4v) is 5.19. The lowest BCUT2D eigenvalue weighted by Gasteiger charge is -2.08. The molecule has 1 heterocycles. The Hall–Kier alpha value is -0.410. The van der Waals surface area contributed by atoms with E-state index in [1.54, 1.807) is 29.6 Å². The minimum absolute atomic E-state index is 0.280. The summed E-state index contributed by atoms with van der Waals surface area (Å²) in [7, 11) is -1.73. The number of sulfonamides is 1. The molecular weight excluding hydrogens is 428 g/mol. The molecule has 2 N–H and O–H groups in total. The molecule has 0 bridgehead atoms. The largest absolute Gasteiger partial charge is 0.315 e. The molecule has 0 spiro atoms. The van der Waals surface area contributed by atoms with Gasteiger partial charge in [0.15, 0.2) is 0 Å². The summed E-state index contributed by atoms with van der Waals surface area (Å²) in [5, 5.41) is 4.64. The van der Waals surface area contributed by atoms with Crippen molar-refractivity contribution in [3.63, 3.8) is 0 Å². The molecule has 8 heteroatoms. The Kier molecular flexibility index (Phi) is 5.25. The van der Waals surface area contributed by atoms with E-state index in [4.69, 9.17) is 0 Å². The third-order valence-electron chi connectivity index (χ3n) is 2.47. The minimum atomic E-state index is -3.56. The van der Waals surface area contributed by atoms with Gasteiger partial charge in [-0.25, -0.2) is 8.42 Å². The van der Waals surface area contributed by atoms with Gasteiger partial charge in [0.25, 0.3) is 10.0 Å². The Morgan fingerprint density at radius 3 is 2.65 bits per heavy atom. The zero-order valence-corrected chi connectivity index (χ0v) is 15.3. The number of halogens is 2. The summed E-state index contributed by atoms with van der Waals surface area (Å²) in [5.41, 5.74) is 0.509. The summed E-state index contributed by atoms with van der Waals surface area (Å²) in [5.74, 6) is 0. The zero-order valence-electron chi connectivity index (χ0n) is 10.5. The highest BCUT2D eigenvalue weighted by atomic mass is 79.9. The second-order valence-electron chi connectivity index (χ2n) is 4.01. The topological polar surface area (TPSA) is 58.2 Å². The van der Waals surface area contributed by atoms with E-state index >= 15 is 0 Å². The van der Waals surface area contributed by atoms with E-state index in [0.29, 0.717) is 16.7 Å². The first-order chi connectivity index (χ1) is 9.42. The highest BCUT2D eigenvalue weighted by Gasteiger charge is 2.17. The average molecular weight is 440 g/mol. The number of hydrogen-bond donors (Lipinski definition) is 2. The van der Waals surface area contributed by atoms with Gasteiger partial charge in [-0.3, -0.25) is 4.72 Å². The third kappa shape index (κ3) is 3.82. The van der Waals surface area contributed by atoms with Crippen LogP contribution >= 0.6 is 43.2 Å². The monoisotopic (exact) mass is 438 g/mol. The molecule has 0 atom stereocenters. The maximum absolute atomic E-state index is 12.3. The van der Waals surface area contributed by atoms with Gasteiger partial charge in [-0.1, -0.05) is 15.9 Å². The molecular formula is C12H12Br2N2O2S2. The Morgan fingerprint density at radius 2 is 2.00 bits per heavy atom. The average Bonchev–Trinajstić information content (AvgIpc) is 2.83. The van der Waals surface area contributed by atoms with Crippen molar-refractivity contribution in [3.05, 3.63) is 43.5 Å². The predicted octanol–water partition coefficient (Wildman–Crippen LogP) is 3.79. The van der Waals surface area contributed by atoms with Gasteiger partial charge in [0, 0.05) is 25.7 Å². The molecule has 0 fully saturated rings. The van der Waals surface area contributed by atoms with E-state index in [1.807, 2.05) is 7.05 Å². The molecule has 1 aromatic heterocycles. The molecule has 0 aliphatic carbocycles. The van der Waals surface area contributed by atoms with E-state index < -0.39 is 10.0 Å². The number of rotatable bonds is 5. The van der Waals surface area contributed by atoms with Gasteiger partial charge in [-0.2, -0.15) is 0 Å². The van der Waals surface area contributed by atoms with Crippen LogP contribution in [0.3, 0.4) is 0 Å². The van der Waals surface area contributed by atoms with Crippen LogP contribution in [0, 0.1) is 0 Å². The zero-order chi connectivity index (χ0) is 14.8. The van der Waals surface area contributed by atoms with Gasteiger partial charge in [0.05, 0.1) is 10.6 Å². The highest BCUT2D eigenvalue weighted by molar-refractivity contribution is 9.11. The smallest absolute Gasteiger partial charge is 0.262 e. The minimum Gasteiger partial charge on any atom is -0.315 e. The van der Waals surface area contributed by atoms with E-state index in [1.165, 1.54) is 11.3 Å². The summed E-state index contributed by atoms with van der Waals surface area (Å²) >= 11 is 8.08. The number of nitrogens with one attached hydrogen (secondary N) is 2. The fraction of sp³-hybridized carbons (Fsp3) is 0.167. The van der Waals surface area contributed by atoms with Crippen LogP contribution in [0.15, 0.2) is 43.5 Å². The maximum Gasteiger partial charge on any atom is 0.262 e. The Labute approximate surface area is 138 Å². The first-order valence-corrected chi connectivity index (χ1v) is 9.57. The van der Waals surface area contributed by atoms with Crippen LogP contribution in [-0.2, 0) is 16.6 Å². The summed E-state index contributed by atoms with van der Waals surface area (Å²) in [4.78, 5) is 1.25. The fourth-order valence-electron chi connectivity index (χ4n) is 1.54. The SMILES string of the molecule is CNCc1cc(S(=O)(=O)Nc2ccc(Br)cc2Br)cs1. The van der Waals surface area contributed by atoms with Crippen LogP contribution in [0.1, 0.15) is 4.88 Å². The van der Waals surface area contributed by atoms with Gasteiger partial charge in [0.2, 0.25) is 0 Å². The van der Waals surface area contributed by atoms with Gasteiger partial charge >= 0.3 is 0 Å². The lowest BCUT2D eigenvalue weighted by Crippen LogP contribution is -2.12. The second-order valence-corrected chi connectivity index (χ2v) is 8.46. The van der Waals surface area contributed by atoms with Crippen molar-refractivity contribution in [3.8, 4) is 0 Å². The molecule has 0 saturated carbocycles. The summed E-state index contributed by atoms with van der Waals surface area (Å²) < 4.78 is 28.7. The lowest BCUT2D eigenvalue weighted by atomic mass is 10.3. The Morgan fingerprint density at radius 1 is 1.25 bits per heavy atom. The highest BCUT2D eigenvalue weighted by Crippen LogP contribution is 2.29. The summed E-state index contributed by atoms with van der Waals surface area (Å²) in [6.07, 6.45) is 0. The van der Waals surface area contributed by atoms with Crippen molar-refractivity contribution in [2.24, 2.45) is 0 Å². The Balaban J connectivity index is 2.26. The molecule has 2 rings (SSSR count). The van der Waals surface area contributed by atoms with E-state index in [2.05, 4.69) is 41.9 Å². The number of thiophene rings is 1. The van der Waals surface area contributed by atoms with Crippen LogP contribution in [0.25, 0.3) is 0 Å². The maximum atomic E-state index is 12.3. The van der Waals surface area contributed by atoms with Gasteiger partial charge < -0.3 is 5.32 Å². The number of benzene rings is 1. The van der Waals surface area contributed by atoms with Crippen LogP contribution in [-0.4, -0.2) is 15.5 Å². The van der Waals surface area contributed by atoms with Crippen molar-refractivity contribution in [1.82, 2.24) is 5.32 Å². The van der Waals surface area contributed by atoms with E-state index in [-0.39, 0.29) is 4.90 Å². The molecule has 1 aromatic carbocycles. The van der Waals surface area contributed by atoms with Crippen molar-refractivity contribution >= 4 is 58.9 Å². The molecule has 0 unspecified atom stereocenters. The van der Waals surface area contributed by atoms with Crippen LogP contribution in [0.5, 0.6) is 0 Å². The normalized spacial score (nSPS) is 11.6. The molecule has 0 amide bonds. The molecule has 0 radical (unpaired) electrons. The van der Waals surface area contributed by atoms with E-state index in [9.17, 15) is 8.42 Å². The van der Waals surface area contributed by atoms with Gasteiger partial charge in [-0.05, 0) is 47.2 Å². The second kappa shape index (κ2) is 6.57. The third-order valence-corrected chi connectivity index (χ3v) is 6.05. The molecule has 108 valence electrons. The number of anilines is 1.